The summed E-state index contributed by atoms with van der Waals surface area (Å²) in [5, 5.41) is 10.3. The van der Waals surface area contributed by atoms with Crippen molar-refractivity contribution in [3.63, 3.8) is 0 Å². The first-order chi connectivity index (χ1) is 13.1. The fourth-order valence-electron chi connectivity index (χ4n) is 3.36. The molecule has 1 unspecified atom stereocenters. The molecule has 2 aromatic rings. The lowest BCUT2D eigenvalue weighted by molar-refractivity contribution is 0.0663. The topological polar surface area (TPSA) is 45.2 Å². The Hall–Kier alpha value is -2.24. The second kappa shape index (κ2) is 9.62. The zero-order valence-electron chi connectivity index (χ0n) is 16.3. The molecule has 27 heavy (non-hydrogen) atoms. The first-order valence-electron chi connectivity index (χ1n) is 9.71. The molecule has 1 aliphatic heterocycles. The Morgan fingerprint density at radius 3 is 2.26 bits per heavy atom. The molecular formula is C22H30N2O3. The van der Waals surface area contributed by atoms with Gasteiger partial charge in [-0.05, 0) is 55.8 Å². The van der Waals surface area contributed by atoms with E-state index in [0.29, 0.717) is 19.8 Å². The Balaban J connectivity index is 1.39. The molecule has 0 aromatic heterocycles. The highest BCUT2D eigenvalue weighted by atomic mass is 16.5. The van der Waals surface area contributed by atoms with Gasteiger partial charge in [-0.1, -0.05) is 12.1 Å². The van der Waals surface area contributed by atoms with Crippen LogP contribution in [0.3, 0.4) is 0 Å². The maximum atomic E-state index is 10.3. The summed E-state index contributed by atoms with van der Waals surface area (Å²) in [6.45, 7) is 9.54. The summed E-state index contributed by atoms with van der Waals surface area (Å²) in [7, 11) is 0. The minimum absolute atomic E-state index is 0.298. The van der Waals surface area contributed by atoms with Gasteiger partial charge < -0.3 is 19.5 Å². The monoisotopic (exact) mass is 370 g/mol. The summed E-state index contributed by atoms with van der Waals surface area (Å²) in [6.07, 6.45) is -0.498. The maximum Gasteiger partial charge on any atom is 0.119 e. The molecule has 0 bridgehead atoms. The lowest BCUT2D eigenvalue weighted by Crippen LogP contribution is -2.49. The number of hydrogen-bond acceptors (Lipinski definition) is 5. The summed E-state index contributed by atoms with van der Waals surface area (Å²) in [6, 6.07) is 16.2. The number of anilines is 1. The molecule has 5 heteroatoms. The maximum absolute atomic E-state index is 10.3. The number of aliphatic hydroxyl groups excluding tert-OH is 1. The Morgan fingerprint density at radius 1 is 0.963 bits per heavy atom. The van der Waals surface area contributed by atoms with Crippen LogP contribution in [0, 0.1) is 6.92 Å². The lowest BCUT2D eigenvalue weighted by atomic mass is 10.2. The molecule has 0 aliphatic carbocycles. The molecule has 0 saturated carbocycles. The highest BCUT2D eigenvalue weighted by Gasteiger charge is 2.19. The molecule has 5 nitrogen and oxygen atoms in total. The molecule has 146 valence electrons. The molecule has 2 aromatic carbocycles. The molecule has 3 rings (SSSR count). The molecule has 1 N–H and O–H groups in total. The normalized spacial score (nSPS) is 16.2. The number of ether oxygens (including phenoxy) is 2. The quantitative estimate of drug-likeness (QED) is 0.774. The zero-order chi connectivity index (χ0) is 19.1. The van der Waals surface area contributed by atoms with E-state index in [1.165, 1.54) is 11.3 Å². The minimum Gasteiger partial charge on any atom is -0.494 e. The van der Waals surface area contributed by atoms with Gasteiger partial charge in [0.15, 0.2) is 0 Å². The van der Waals surface area contributed by atoms with Gasteiger partial charge in [0.25, 0.3) is 0 Å². The molecule has 1 saturated heterocycles. The minimum atomic E-state index is -0.498. The van der Waals surface area contributed by atoms with E-state index in [1.807, 2.05) is 31.2 Å². The van der Waals surface area contributed by atoms with Crippen LogP contribution < -0.4 is 14.4 Å². The molecule has 1 heterocycles. The SMILES string of the molecule is CCOc1ccc(OCC(O)CN2CCN(c3cccc(C)c3)CC2)cc1. The molecule has 1 fully saturated rings. The average molecular weight is 370 g/mol. The Kier molecular flexibility index (Phi) is 6.96. The number of aryl methyl sites for hydroxylation is 1. The highest BCUT2D eigenvalue weighted by molar-refractivity contribution is 5.48. The van der Waals surface area contributed by atoms with Gasteiger partial charge >= 0.3 is 0 Å². The number of benzene rings is 2. The Morgan fingerprint density at radius 2 is 1.63 bits per heavy atom. The average Bonchev–Trinajstić information content (AvgIpc) is 2.68. The smallest absolute Gasteiger partial charge is 0.119 e. The van der Waals surface area contributed by atoms with Crippen LogP contribution in [0.25, 0.3) is 0 Å². The summed E-state index contributed by atoms with van der Waals surface area (Å²) in [5.74, 6) is 1.58. The third kappa shape index (κ3) is 5.88. The van der Waals surface area contributed by atoms with E-state index in [4.69, 9.17) is 9.47 Å². The van der Waals surface area contributed by atoms with Crippen LogP contribution in [0.2, 0.25) is 0 Å². The Labute approximate surface area is 162 Å². The van der Waals surface area contributed by atoms with Crippen LogP contribution in [0.5, 0.6) is 11.5 Å². The van der Waals surface area contributed by atoms with Crippen molar-refractivity contribution in [1.82, 2.24) is 4.90 Å². The number of nitrogens with zero attached hydrogens (tertiary/aromatic N) is 2. The predicted molar refractivity (Wildman–Crippen MR) is 109 cm³/mol. The summed E-state index contributed by atoms with van der Waals surface area (Å²) < 4.78 is 11.1. The van der Waals surface area contributed by atoms with Gasteiger partial charge in [0.1, 0.15) is 24.2 Å². The van der Waals surface area contributed by atoms with Crippen molar-refractivity contribution in [1.29, 1.82) is 0 Å². The molecule has 1 atom stereocenters. The van der Waals surface area contributed by atoms with Crippen molar-refractivity contribution in [3.8, 4) is 11.5 Å². The number of hydrogen-bond donors (Lipinski definition) is 1. The third-order valence-corrected chi connectivity index (χ3v) is 4.79. The van der Waals surface area contributed by atoms with Gasteiger partial charge in [-0.3, -0.25) is 4.90 Å². The Bertz CT molecular complexity index is 697. The van der Waals surface area contributed by atoms with Crippen molar-refractivity contribution >= 4 is 5.69 Å². The number of aliphatic hydroxyl groups is 1. The lowest BCUT2D eigenvalue weighted by Gasteiger charge is -2.37. The van der Waals surface area contributed by atoms with E-state index in [2.05, 4.69) is 41.0 Å². The van der Waals surface area contributed by atoms with Gasteiger partial charge in [-0.25, -0.2) is 0 Å². The second-order valence-electron chi connectivity index (χ2n) is 7.00. The van der Waals surface area contributed by atoms with Crippen molar-refractivity contribution in [2.45, 2.75) is 20.0 Å². The van der Waals surface area contributed by atoms with Crippen LogP contribution in [0.4, 0.5) is 5.69 Å². The van der Waals surface area contributed by atoms with Crippen LogP contribution in [-0.4, -0.2) is 62.0 Å². The first-order valence-corrected chi connectivity index (χ1v) is 9.71. The van der Waals surface area contributed by atoms with Crippen molar-refractivity contribution < 1.29 is 14.6 Å². The van der Waals surface area contributed by atoms with Gasteiger partial charge in [-0.2, -0.15) is 0 Å². The largest absolute Gasteiger partial charge is 0.494 e. The zero-order valence-corrected chi connectivity index (χ0v) is 16.3. The standard InChI is InChI=1S/C22H30N2O3/c1-3-26-21-7-9-22(10-8-21)27-17-20(25)16-23-11-13-24(14-12-23)19-6-4-5-18(2)15-19/h4-10,15,20,25H,3,11-14,16-17H2,1-2H3. The summed E-state index contributed by atoms with van der Waals surface area (Å²) in [4.78, 5) is 4.71. The summed E-state index contributed by atoms with van der Waals surface area (Å²) in [5.41, 5.74) is 2.57. The van der Waals surface area contributed by atoms with E-state index in [0.717, 1.165) is 37.7 Å². The van der Waals surface area contributed by atoms with Gasteiger partial charge in [0.05, 0.1) is 6.61 Å². The van der Waals surface area contributed by atoms with Crippen molar-refractivity contribution in [3.05, 3.63) is 54.1 Å². The fraction of sp³-hybridized carbons (Fsp3) is 0.455. The fourth-order valence-corrected chi connectivity index (χ4v) is 3.36. The van der Waals surface area contributed by atoms with E-state index >= 15 is 0 Å². The molecule has 1 aliphatic rings. The van der Waals surface area contributed by atoms with Crippen LogP contribution in [0.15, 0.2) is 48.5 Å². The van der Waals surface area contributed by atoms with Gasteiger partial charge in [0.2, 0.25) is 0 Å². The number of piperazine rings is 1. The van der Waals surface area contributed by atoms with E-state index in [9.17, 15) is 5.11 Å². The predicted octanol–water partition coefficient (Wildman–Crippen LogP) is 2.96. The highest BCUT2D eigenvalue weighted by Crippen LogP contribution is 2.19. The second-order valence-corrected chi connectivity index (χ2v) is 7.00. The first kappa shape index (κ1) is 19.5. The van der Waals surface area contributed by atoms with Crippen LogP contribution in [0.1, 0.15) is 12.5 Å². The van der Waals surface area contributed by atoms with Crippen molar-refractivity contribution in [2.24, 2.45) is 0 Å². The van der Waals surface area contributed by atoms with Crippen LogP contribution >= 0.6 is 0 Å². The third-order valence-electron chi connectivity index (χ3n) is 4.79. The van der Waals surface area contributed by atoms with Gasteiger partial charge in [0, 0.05) is 38.4 Å². The van der Waals surface area contributed by atoms with E-state index in [1.54, 1.807) is 0 Å². The van der Waals surface area contributed by atoms with Crippen molar-refractivity contribution in [2.75, 3.05) is 50.8 Å². The molecule has 0 radical (unpaired) electrons. The molecular weight excluding hydrogens is 340 g/mol. The van der Waals surface area contributed by atoms with E-state index < -0.39 is 6.10 Å². The number of β-amino-alcohol motifs (C(OH)–C–C–N with tert-alkyl or cyclic N) is 1. The molecule has 0 spiro atoms. The van der Waals surface area contributed by atoms with Crippen LogP contribution in [-0.2, 0) is 0 Å². The van der Waals surface area contributed by atoms with E-state index in [-0.39, 0.29) is 0 Å². The molecule has 0 amide bonds. The number of rotatable bonds is 8. The summed E-state index contributed by atoms with van der Waals surface area (Å²) >= 11 is 0. The van der Waals surface area contributed by atoms with Gasteiger partial charge in [-0.15, -0.1) is 0 Å².